The summed E-state index contributed by atoms with van der Waals surface area (Å²) in [4.78, 5) is 168. The van der Waals surface area contributed by atoms with E-state index in [1.165, 1.54) is 87.7 Å². The van der Waals surface area contributed by atoms with Crippen LogP contribution in [-0.2, 0) is 52.7 Å². The molecule has 0 aromatic carbocycles. The van der Waals surface area contributed by atoms with Gasteiger partial charge in [-0.25, -0.2) is 0 Å². The lowest BCUT2D eigenvalue weighted by Crippen LogP contribution is -2.63. The van der Waals surface area contributed by atoms with Crippen LogP contribution < -0.4 is 21.3 Å². The Bertz CT molecular complexity index is 2310. The predicted molar refractivity (Wildman–Crippen MR) is 324 cm³/mol. The fraction of sp³-hybridized carbons (Fsp3) is 0.787. The van der Waals surface area contributed by atoms with Gasteiger partial charge in [0.25, 0.3) is 0 Å². The zero-order chi connectivity index (χ0) is 65.3. The average molecular weight is 1190 g/mol. The van der Waals surface area contributed by atoms with Gasteiger partial charge in [-0.15, -0.1) is 0 Å². The van der Waals surface area contributed by atoms with Crippen molar-refractivity contribution in [2.45, 2.75) is 216 Å². The molecule has 0 unspecified atom stereocenters. The Hall–Kier alpha value is -6.13. The highest BCUT2D eigenvalue weighted by atomic mass is 16.3. The van der Waals surface area contributed by atoms with Crippen molar-refractivity contribution in [1.29, 1.82) is 0 Å². The number of nitrogens with one attached hydrogen (secondary N) is 4. The van der Waals surface area contributed by atoms with Gasteiger partial charge in [0.15, 0.2) is 0 Å². The number of allylic oxidation sites excluding steroid dienone is 2. The molecule has 1 saturated heterocycles. The van der Waals surface area contributed by atoms with Gasteiger partial charge in [0.1, 0.15) is 60.4 Å². The molecule has 11 amide bonds. The molecule has 23 nitrogen and oxygen atoms in total. The van der Waals surface area contributed by atoms with Crippen molar-refractivity contribution in [1.82, 2.24) is 55.6 Å². The molecule has 0 saturated carbocycles. The second-order valence-corrected chi connectivity index (χ2v) is 25.6. The number of likely N-dealkylation sites (N-methyl/N-ethyl adjacent to an activating group) is 7. The summed E-state index contributed by atoms with van der Waals surface area (Å²) < 4.78 is 0. The molecule has 23 heteroatoms. The standard InChI is InChI=1S/C61H109N11O12/c1-25-27-28-39(15)51(74)50-55(78)64-42(26-2)57(80)66(18)32-46(73)67(19)43(29-33(3)4)54(77)65-47(36(9)10)59(82)68(20)44(30-34(5)6)53(76)62-40(16)52(75)63-41(17)56(79)70(22)48(37(11)12)60(83)69(21)45(31-35(7)8)58(81)71(23)49(38(13)14)61(84)72(50)24/h25,27,33-45,47-51,74H,26,28-32H2,1-24H3,(H,62,76)(H,63,75)(H,64,78)(H,65,77)/b27-25+/t39-,40-,41+,42-,43-,44-,45-,47-,48-,49-,50-,51+/m0/s1. The molecular formula is C61H109N11O12. The SMILES string of the molecule is C/C=C/C[C@H](C)[C@@H](O)[C@H]1C(=O)N[C@@H](CC)C(=O)N(C)CC(=O)N(C)[C@@H](CC(C)C)C(=O)N[C@@H](C(C)C)C(=O)N(C)[C@@H](CC(C)C)C(=O)N[C@@H](C)C(=O)N[C@H](C)C(=O)N(C)[C@@H](C(C)C)C(=O)N(C)[C@@H](CC(C)C)C(=O)N(C)[C@@H](C(C)C)C(=O)N1C. The van der Waals surface area contributed by atoms with Crippen molar-refractivity contribution in [3.05, 3.63) is 12.2 Å². The van der Waals surface area contributed by atoms with Crippen LogP contribution in [0.2, 0.25) is 0 Å². The summed E-state index contributed by atoms with van der Waals surface area (Å²) in [5, 5.41) is 23.0. The third-order valence-corrected chi connectivity index (χ3v) is 15.9. The van der Waals surface area contributed by atoms with Crippen LogP contribution in [0.15, 0.2) is 12.2 Å². The average Bonchev–Trinajstić information content (AvgIpc) is 2.94. The lowest BCUT2D eigenvalue weighted by Gasteiger charge is -2.42. The minimum Gasteiger partial charge on any atom is -0.390 e. The highest BCUT2D eigenvalue weighted by Crippen LogP contribution is 2.25. The van der Waals surface area contributed by atoms with Gasteiger partial charge in [-0.3, -0.25) is 52.7 Å². The summed E-state index contributed by atoms with van der Waals surface area (Å²) in [6.07, 6.45) is 2.88. The second-order valence-electron chi connectivity index (χ2n) is 25.6. The van der Waals surface area contributed by atoms with Crippen LogP contribution in [0.3, 0.4) is 0 Å². The molecule has 1 aliphatic heterocycles. The van der Waals surface area contributed by atoms with Gasteiger partial charge >= 0.3 is 0 Å². The molecule has 0 aromatic rings. The molecule has 1 heterocycles. The van der Waals surface area contributed by atoms with E-state index in [1.807, 2.05) is 41.5 Å². The van der Waals surface area contributed by atoms with E-state index >= 15 is 9.59 Å². The highest BCUT2D eigenvalue weighted by molar-refractivity contribution is 5.99. The molecule has 0 radical (unpaired) electrons. The summed E-state index contributed by atoms with van der Waals surface area (Å²) in [7, 11) is 9.87. The maximum absolute atomic E-state index is 15.1. The third-order valence-electron chi connectivity index (χ3n) is 15.9. The van der Waals surface area contributed by atoms with Crippen molar-refractivity contribution < 1.29 is 57.8 Å². The summed E-state index contributed by atoms with van der Waals surface area (Å²) in [5.41, 5.74) is 0. The lowest BCUT2D eigenvalue weighted by molar-refractivity contribution is -0.158. The van der Waals surface area contributed by atoms with E-state index in [0.29, 0.717) is 6.42 Å². The molecule has 5 N–H and O–H groups in total. The molecule has 0 aliphatic carbocycles. The van der Waals surface area contributed by atoms with E-state index in [9.17, 15) is 48.3 Å². The van der Waals surface area contributed by atoms with Crippen LogP contribution in [0, 0.1) is 41.4 Å². The number of nitrogens with zero attached hydrogens (tertiary/aromatic N) is 7. The van der Waals surface area contributed by atoms with E-state index in [4.69, 9.17) is 0 Å². The summed E-state index contributed by atoms with van der Waals surface area (Å²) >= 11 is 0. The van der Waals surface area contributed by atoms with E-state index in [2.05, 4.69) is 21.3 Å². The van der Waals surface area contributed by atoms with Crippen LogP contribution in [-0.4, -0.2) is 227 Å². The van der Waals surface area contributed by atoms with Gasteiger partial charge in [0, 0.05) is 49.3 Å². The molecule has 84 heavy (non-hydrogen) atoms. The van der Waals surface area contributed by atoms with Gasteiger partial charge in [-0.1, -0.05) is 109 Å². The number of hydrogen-bond donors (Lipinski definition) is 5. The number of aliphatic hydroxyl groups excluding tert-OH is 1. The third kappa shape index (κ3) is 20.5. The molecule has 1 rings (SSSR count). The molecule has 0 aromatic heterocycles. The van der Waals surface area contributed by atoms with Crippen molar-refractivity contribution in [2.24, 2.45) is 41.4 Å². The van der Waals surface area contributed by atoms with Crippen LogP contribution in [0.4, 0.5) is 0 Å². The van der Waals surface area contributed by atoms with Crippen LogP contribution in [0.5, 0.6) is 0 Å². The summed E-state index contributed by atoms with van der Waals surface area (Å²) in [6.45, 7) is 29.0. The zero-order valence-corrected chi connectivity index (χ0v) is 55.4. The maximum atomic E-state index is 15.1. The first kappa shape index (κ1) is 75.9. The predicted octanol–water partition coefficient (Wildman–Crippen LogP) is 2.88. The number of amides is 11. The molecule has 1 fully saturated rings. The smallest absolute Gasteiger partial charge is 0.246 e. The van der Waals surface area contributed by atoms with Gasteiger partial charge in [-0.2, -0.15) is 0 Å². The molecule has 0 spiro atoms. The Labute approximate surface area is 502 Å². The molecule has 12 atom stereocenters. The van der Waals surface area contributed by atoms with Crippen molar-refractivity contribution in [3.8, 4) is 0 Å². The Kier molecular flexibility index (Phi) is 30.8. The first-order valence-corrected chi connectivity index (χ1v) is 30.1. The minimum absolute atomic E-state index is 0.0225. The Morgan fingerprint density at radius 2 is 0.881 bits per heavy atom. The van der Waals surface area contributed by atoms with E-state index in [1.54, 1.807) is 74.5 Å². The van der Waals surface area contributed by atoms with Crippen LogP contribution in [0.1, 0.15) is 150 Å². The monoisotopic (exact) mass is 1190 g/mol. The summed E-state index contributed by atoms with van der Waals surface area (Å²) in [6, 6.07) is -12.4. The largest absolute Gasteiger partial charge is 0.390 e. The number of carbonyl (C=O) groups excluding carboxylic acids is 11. The first-order chi connectivity index (χ1) is 38.7. The van der Waals surface area contributed by atoms with Crippen LogP contribution >= 0.6 is 0 Å². The molecule has 0 bridgehead atoms. The quantitative estimate of drug-likeness (QED) is 0.157. The van der Waals surface area contributed by atoms with Crippen LogP contribution in [0.25, 0.3) is 0 Å². The maximum Gasteiger partial charge on any atom is 0.246 e. The number of rotatable bonds is 14. The number of aliphatic hydroxyl groups is 1. The van der Waals surface area contributed by atoms with E-state index < -0.39 is 162 Å². The number of hydrogen-bond acceptors (Lipinski definition) is 12. The van der Waals surface area contributed by atoms with Gasteiger partial charge < -0.3 is 60.7 Å². The second kappa shape index (κ2) is 34.1. The van der Waals surface area contributed by atoms with Gasteiger partial charge in [-0.05, 0) is 94.3 Å². The van der Waals surface area contributed by atoms with Crippen molar-refractivity contribution in [2.75, 3.05) is 55.9 Å². The van der Waals surface area contributed by atoms with E-state index in [-0.39, 0.29) is 43.4 Å². The lowest BCUT2D eigenvalue weighted by atomic mass is 9.91. The van der Waals surface area contributed by atoms with Crippen molar-refractivity contribution >= 4 is 65.0 Å². The minimum atomic E-state index is -1.61. The molecule has 1 aliphatic rings. The molecular weight excluding hydrogens is 1080 g/mol. The first-order valence-electron chi connectivity index (χ1n) is 30.1. The Balaban J connectivity index is 4.30. The highest BCUT2D eigenvalue weighted by Gasteiger charge is 2.46. The van der Waals surface area contributed by atoms with Crippen molar-refractivity contribution in [3.63, 3.8) is 0 Å². The molecule has 480 valence electrons. The normalized spacial score (nSPS) is 27.1. The van der Waals surface area contributed by atoms with Gasteiger partial charge in [0.2, 0.25) is 65.0 Å². The fourth-order valence-electron chi connectivity index (χ4n) is 10.7. The van der Waals surface area contributed by atoms with Gasteiger partial charge in [0.05, 0.1) is 12.6 Å². The number of carbonyl (C=O) groups is 11. The Morgan fingerprint density at radius 3 is 1.33 bits per heavy atom. The zero-order valence-electron chi connectivity index (χ0n) is 55.4. The van der Waals surface area contributed by atoms with E-state index in [0.717, 1.165) is 9.80 Å². The Morgan fingerprint density at radius 1 is 0.464 bits per heavy atom. The topological polar surface area (TPSA) is 279 Å². The fourth-order valence-corrected chi connectivity index (χ4v) is 10.7. The summed E-state index contributed by atoms with van der Waals surface area (Å²) in [5.74, 6) is -10.1.